The van der Waals surface area contributed by atoms with Gasteiger partial charge >= 0.3 is 5.97 Å². The monoisotopic (exact) mass is 597 g/mol. The van der Waals surface area contributed by atoms with Crippen LogP contribution in [0.4, 0.5) is 0 Å². The van der Waals surface area contributed by atoms with E-state index in [4.69, 9.17) is 4.74 Å². The standard InChI is InChI=1S/C33H47NO5SSi/c1-9-41(10-2,11-3)31-20-28(27(23(4)5)17-14-25(7)18-19-35)29-21-34(22-30(29)32(31)33(36)39-8)40(37,38)26-15-12-24(6)13-16-26/h12-13,15-16,18,20,27,35H,4,9-11,14,17,19,21-22H2,1-3,5-8H3/b25-18-. The summed E-state index contributed by atoms with van der Waals surface area (Å²) in [5, 5.41) is 10.5. The van der Waals surface area contributed by atoms with Crippen LogP contribution < -0.4 is 5.19 Å². The number of rotatable bonds is 13. The molecule has 224 valence electrons. The molecule has 2 aromatic carbocycles. The highest BCUT2D eigenvalue weighted by Gasteiger charge is 2.41. The van der Waals surface area contributed by atoms with E-state index in [0.717, 1.165) is 69.6 Å². The Bertz CT molecular complexity index is 1400. The lowest BCUT2D eigenvalue weighted by Crippen LogP contribution is -2.49. The second kappa shape index (κ2) is 13.6. The number of carbonyl (C=O) groups is 1. The molecule has 1 atom stereocenters. The minimum atomic E-state index is -3.80. The van der Waals surface area contributed by atoms with E-state index in [-0.39, 0.29) is 30.5 Å². The summed E-state index contributed by atoms with van der Waals surface area (Å²) >= 11 is 0. The van der Waals surface area contributed by atoms with Crippen LogP contribution in [0.25, 0.3) is 0 Å². The quantitative estimate of drug-likeness (QED) is 0.160. The summed E-state index contributed by atoms with van der Waals surface area (Å²) in [6, 6.07) is 12.1. The van der Waals surface area contributed by atoms with Crippen molar-refractivity contribution in [2.24, 2.45) is 0 Å². The predicted octanol–water partition coefficient (Wildman–Crippen LogP) is 6.58. The molecule has 6 nitrogen and oxygen atoms in total. The lowest BCUT2D eigenvalue weighted by Gasteiger charge is -2.33. The molecule has 1 N–H and O–H groups in total. The van der Waals surface area contributed by atoms with Gasteiger partial charge in [-0.3, -0.25) is 0 Å². The van der Waals surface area contributed by atoms with E-state index in [0.29, 0.717) is 5.56 Å². The van der Waals surface area contributed by atoms with E-state index >= 15 is 0 Å². The first kappa shape index (κ1) is 33.0. The van der Waals surface area contributed by atoms with E-state index < -0.39 is 24.1 Å². The van der Waals surface area contributed by atoms with Crippen molar-refractivity contribution in [2.75, 3.05) is 13.7 Å². The van der Waals surface area contributed by atoms with Gasteiger partial charge in [-0.2, -0.15) is 4.31 Å². The van der Waals surface area contributed by atoms with E-state index in [1.807, 2.05) is 39.0 Å². The van der Waals surface area contributed by atoms with Gasteiger partial charge < -0.3 is 9.84 Å². The van der Waals surface area contributed by atoms with E-state index in [1.165, 1.54) is 11.4 Å². The number of fused-ring (bicyclic) bond motifs is 1. The van der Waals surface area contributed by atoms with Crippen LogP contribution in [-0.4, -0.2) is 45.6 Å². The fourth-order valence-electron chi connectivity index (χ4n) is 6.28. The molecule has 0 saturated carbocycles. The number of aliphatic hydroxyl groups excluding tert-OH is 1. The molecule has 0 fully saturated rings. The molecular formula is C33H47NO5SSi. The zero-order valence-electron chi connectivity index (χ0n) is 25.8. The third-order valence-electron chi connectivity index (χ3n) is 9.14. The van der Waals surface area contributed by atoms with Gasteiger partial charge in [0.05, 0.1) is 32.2 Å². The van der Waals surface area contributed by atoms with Gasteiger partial charge in [0, 0.05) is 19.0 Å². The fourth-order valence-corrected chi connectivity index (χ4v) is 11.5. The van der Waals surface area contributed by atoms with Gasteiger partial charge in [0.1, 0.15) is 0 Å². The van der Waals surface area contributed by atoms with Crippen molar-refractivity contribution >= 4 is 29.3 Å². The van der Waals surface area contributed by atoms with Gasteiger partial charge in [-0.15, -0.1) is 0 Å². The number of hydrogen-bond donors (Lipinski definition) is 1. The SMILES string of the molecule is C=C(C)C(CC/C(C)=C\CO)c1cc([Si](CC)(CC)CC)c(C(=O)OC)c2c1CN(S(=O)(=O)c1ccc(C)cc1)C2. The summed E-state index contributed by atoms with van der Waals surface area (Å²) in [7, 11) is -4.51. The maximum absolute atomic E-state index is 13.9. The first-order chi connectivity index (χ1) is 19.4. The number of aliphatic hydroxyl groups is 1. The summed E-state index contributed by atoms with van der Waals surface area (Å²) < 4.78 is 34.6. The molecule has 0 saturated heterocycles. The van der Waals surface area contributed by atoms with Crippen molar-refractivity contribution in [1.82, 2.24) is 4.31 Å². The summed E-state index contributed by atoms with van der Waals surface area (Å²) in [6.07, 6.45) is 3.39. The first-order valence-corrected chi connectivity index (χ1v) is 18.7. The van der Waals surface area contributed by atoms with Crippen LogP contribution >= 0.6 is 0 Å². The molecule has 0 amide bonds. The predicted molar refractivity (Wildman–Crippen MR) is 170 cm³/mol. The Morgan fingerprint density at radius 3 is 2.20 bits per heavy atom. The second-order valence-electron chi connectivity index (χ2n) is 11.4. The molecule has 1 aliphatic heterocycles. The highest BCUT2D eigenvalue weighted by Crippen LogP contribution is 2.41. The fraction of sp³-hybridized carbons (Fsp3) is 0.485. The molecule has 1 heterocycles. The van der Waals surface area contributed by atoms with E-state index in [2.05, 4.69) is 33.4 Å². The lowest BCUT2D eigenvalue weighted by molar-refractivity contribution is 0.0600. The summed E-state index contributed by atoms with van der Waals surface area (Å²) in [5.41, 5.74) is 6.40. The number of carbonyl (C=O) groups excluding carboxylic acids is 1. The third kappa shape index (κ3) is 6.61. The molecule has 0 spiro atoms. The maximum atomic E-state index is 13.9. The van der Waals surface area contributed by atoms with Gasteiger partial charge in [-0.05, 0) is 67.6 Å². The Hall–Kier alpha value is -2.52. The molecule has 2 aromatic rings. The first-order valence-electron chi connectivity index (χ1n) is 14.7. The zero-order valence-corrected chi connectivity index (χ0v) is 27.7. The second-order valence-corrected chi connectivity index (χ2v) is 18.6. The smallest absolute Gasteiger partial charge is 0.338 e. The van der Waals surface area contributed by atoms with Crippen LogP contribution in [0, 0.1) is 6.92 Å². The Morgan fingerprint density at radius 2 is 1.68 bits per heavy atom. The molecule has 1 unspecified atom stereocenters. The van der Waals surface area contributed by atoms with Crippen molar-refractivity contribution in [3.63, 3.8) is 0 Å². The minimum Gasteiger partial charge on any atom is -0.465 e. The third-order valence-corrected chi connectivity index (χ3v) is 16.5. The number of sulfonamides is 1. The van der Waals surface area contributed by atoms with Crippen LogP contribution in [0.1, 0.15) is 86.0 Å². The normalized spacial score (nSPS) is 15.1. The van der Waals surface area contributed by atoms with Gasteiger partial charge in [-0.1, -0.05) is 86.5 Å². The van der Waals surface area contributed by atoms with Crippen LogP contribution in [0.5, 0.6) is 0 Å². The van der Waals surface area contributed by atoms with Crippen LogP contribution in [0.15, 0.2) is 59.0 Å². The number of benzene rings is 2. The number of esters is 1. The number of nitrogens with zero attached hydrogens (tertiary/aromatic N) is 1. The number of allylic oxidation sites excluding steroid dienone is 2. The molecule has 8 heteroatoms. The van der Waals surface area contributed by atoms with Crippen molar-refractivity contribution in [3.8, 4) is 0 Å². The summed E-state index contributed by atoms with van der Waals surface area (Å²) in [4.78, 5) is 13.8. The van der Waals surface area contributed by atoms with Crippen molar-refractivity contribution in [2.45, 2.75) is 96.4 Å². The van der Waals surface area contributed by atoms with Crippen LogP contribution in [-0.2, 0) is 27.8 Å². The Morgan fingerprint density at radius 1 is 1.10 bits per heavy atom. The average Bonchev–Trinajstić information content (AvgIpc) is 3.40. The Balaban J connectivity index is 2.32. The van der Waals surface area contributed by atoms with Crippen LogP contribution in [0.2, 0.25) is 18.1 Å². The molecule has 1 aliphatic rings. The van der Waals surface area contributed by atoms with E-state index in [1.54, 1.807) is 12.1 Å². The van der Waals surface area contributed by atoms with Crippen LogP contribution in [0.3, 0.4) is 0 Å². The highest BCUT2D eigenvalue weighted by atomic mass is 32.2. The highest BCUT2D eigenvalue weighted by molar-refractivity contribution is 7.89. The molecular weight excluding hydrogens is 551 g/mol. The number of ether oxygens (including phenoxy) is 1. The number of methoxy groups -OCH3 is 1. The molecule has 0 bridgehead atoms. The lowest BCUT2D eigenvalue weighted by atomic mass is 9.83. The summed E-state index contributed by atoms with van der Waals surface area (Å²) in [6.45, 7) is 17.3. The minimum absolute atomic E-state index is 0.000391. The molecule has 41 heavy (non-hydrogen) atoms. The number of hydrogen-bond acceptors (Lipinski definition) is 5. The van der Waals surface area contributed by atoms with Crippen molar-refractivity contribution < 1.29 is 23.1 Å². The molecule has 3 rings (SSSR count). The van der Waals surface area contributed by atoms with Crippen molar-refractivity contribution in [3.05, 3.63) is 82.0 Å². The number of aryl methyl sites for hydroxylation is 1. The van der Waals surface area contributed by atoms with Crippen molar-refractivity contribution in [1.29, 1.82) is 0 Å². The van der Waals surface area contributed by atoms with E-state index in [9.17, 15) is 18.3 Å². The zero-order chi connectivity index (χ0) is 30.5. The Labute approximate surface area is 248 Å². The van der Waals surface area contributed by atoms with Gasteiger partial charge in [0.2, 0.25) is 10.0 Å². The van der Waals surface area contributed by atoms with Gasteiger partial charge in [0.15, 0.2) is 0 Å². The van der Waals surface area contributed by atoms with Gasteiger partial charge in [0.25, 0.3) is 0 Å². The average molecular weight is 598 g/mol. The molecule has 0 radical (unpaired) electrons. The maximum Gasteiger partial charge on any atom is 0.338 e. The molecule has 0 aliphatic carbocycles. The summed E-state index contributed by atoms with van der Waals surface area (Å²) in [5.74, 6) is -0.409. The largest absolute Gasteiger partial charge is 0.465 e. The Kier molecular flexibility index (Phi) is 11.0. The molecule has 0 aromatic heterocycles. The van der Waals surface area contributed by atoms with Gasteiger partial charge in [-0.25, -0.2) is 13.2 Å². The topological polar surface area (TPSA) is 83.9 Å².